The molecule has 1 fully saturated rings. The summed E-state index contributed by atoms with van der Waals surface area (Å²) in [6.07, 6.45) is 2.31. The molecule has 78 valence electrons. The fourth-order valence-electron chi connectivity index (χ4n) is 1.48. The van der Waals surface area contributed by atoms with Gasteiger partial charge in [-0.1, -0.05) is 6.07 Å². The largest absolute Gasteiger partial charge is 0.493 e. The first-order chi connectivity index (χ1) is 7.28. The quantitative estimate of drug-likeness (QED) is 0.808. The molecule has 3 heteroatoms. The zero-order valence-corrected chi connectivity index (χ0v) is 8.57. The van der Waals surface area contributed by atoms with Crippen molar-refractivity contribution in [3.63, 3.8) is 0 Å². The Hall–Kier alpha value is -1.53. The highest BCUT2D eigenvalue weighted by Crippen LogP contribution is 2.44. The summed E-state index contributed by atoms with van der Waals surface area (Å²) in [6, 6.07) is 9.31. The molecule has 2 N–H and O–H groups in total. The smallest absolute Gasteiger partial charge is 0.120 e. The van der Waals surface area contributed by atoms with Crippen molar-refractivity contribution >= 4 is 0 Å². The molecular formula is C12H14N2O. The van der Waals surface area contributed by atoms with Crippen molar-refractivity contribution in [2.24, 2.45) is 11.1 Å². The molecule has 0 amide bonds. The maximum absolute atomic E-state index is 8.72. The van der Waals surface area contributed by atoms with E-state index >= 15 is 0 Å². The molecule has 15 heavy (non-hydrogen) atoms. The van der Waals surface area contributed by atoms with Gasteiger partial charge in [-0.2, -0.15) is 5.26 Å². The average molecular weight is 202 g/mol. The maximum Gasteiger partial charge on any atom is 0.120 e. The van der Waals surface area contributed by atoms with Crippen LogP contribution < -0.4 is 10.5 Å². The standard InChI is InChI=1S/C12H14N2O/c13-7-10-2-1-3-11(6-10)15-9-12(8-14)4-5-12/h1-3,6H,4-5,8-9,14H2. The molecule has 0 aromatic heterocycles. The van der Waals surface area contributed by atoms with Crippen LogP contribution in [-0.2, 0) is 0 Å². The SMILES string of the molecule is N#Cc1cccc(OCC2(CN)CC2)c1. The lowest BCUT2D eigenvalue weighted by Gasteiger charge is -2.13. The van der Waals surface area contributed by atoms with Gasteiger partial charge >= 0.3 is 0 Å². The van der Waals surface area contributed by atoms with Crippen LogP contribution in [0.5, 0.6) is 5.75 Å². The lowest BCUT2D eigenvalue weighted by molar-refractivity contribution is 0.239. The van der Waals surface area contributed by atoms with Gasteiger partial charge in [0.1, 0.15) is 5.75 Å². The van der Waals surface area contributed by atoms with E-state index in [1.807, 2.05) is 12.1 Å². The van der Waals surface area contributed by atoms with Crippen LogP contribution in [0, 0.1) is 16.7 Å². The van der Waals surface area contributed by atoms with Gasteiger partial charge in [0.25, 0.3) is 0 Å². The van der Waals surface area contributed by atoms with E-state index in [2.05, 4.69) is 6.07 Å². The maximum atomic E-state index is 8.72. The second-order valence-corrected chi connectivity index (χ2v) is 4.13. The first-order valence-electron chi connectivity index (χ1n) is 5.11. The van der Waals surface area contributed by atoms with E-state index in [1.165, 1.54) is 0 Å². The van der Waals surface area contributed by atoms with Crippen molar-refractivity contribution in [1.29, 1.82) is 5.26 Å². The summed E-state index contributed by atoms with van der Waals surface area (Å²) >= 11 is 0. The Balaban J connectivity index is 1.96. The Kier molecular flexibility index (Phi) is 2.61. The molecule has 1 aliphatic rings. The molecule has 1 aromatic carbocycles. The van der Waals surface area contributed by atoms with Crippen LogP contribution in [0.2, 0.25) is 0 Å². The van der Waals surface area contributed by atoms with Gasteiger partial charge in [0, 0.05) is 12.0 Å². The molecule has 1 saturated carbocycles. The second-order valence-electron chi connectivity index (χ2n) is 4.13. The van der Waals surface area contributed by atoms with Crippen molar-refractivity contribution in [2.75, 3.05) is 13.2 Å². The van der Waals surface area contributed by atoms with E-state index in [0.717, 1.165) is 18.6 Å². The summed E-state index contributed by atoms with van der Waals surface area (Å²) in [4.78, 5) is 0. The molecule has 0 aliphatic heterocycles. The molecule has 0 radical (unpaired) electrons. The number of nitrogens with zero attached hydrogens (tertiary/aromatic N) is 1. The summed E-state index contributed by atoms with van der Waals surface area (Å²) in [5, 5.41) is 8.72. The molecule has 0 heterocycles. The summed E-state index contributed by atoms with van der Waals surface area (Å²) < 4.78 is 5.64. The lowest BCUT2D eigenvalue weighted by Crippen LogP contribution is -2.22. The molecule has 0 saturated heterocycles. The van der Waals surface area contributed by atoms with Crippen molar-refractivity contribution < 1.29 is 4.74 Å². The third-order valence-electron chi connectivity index (χ3n) is 2.90. The van der Waals surface area contributed by atoms with Gasteiger partial charge in [-0.15, -0.1) is 0 Å². The lowest BCUT2D eigenvalue weighted by atomic mass is 10.1. The average Bonchev–Trinajstić information content (AvgIpc) is 3.07. The summed E-state index contributed by atoms with van der Waals surface area (Å²) in [7, 11) is 0. The van der Waals surface area contributed by atoms with Gasteiger partial charge in [0.2, 0.25) is 0 Å². The minimum absolute atomic E-state index is 0.211. The fraction of sp³-hybridized carbons (Fsp3) is 0.417. The Morgan fingerprint density at radius 3 is 2.87 bits per heavy atom. The van der Waals surface area contributed by atoms with Crippen LogP contribution >= 0.6 is 0 Å². The topological polar surface area (TPSA) is 59.0 Å². The second kappa shape index (κ2) is 3.92. The summed E-state index contributed by atoms with van der Waals surface area (Å²) in [5.41, 5.74) is 6.50. The normalized spacial score (nSPS) is 16.8. The Labute approximate surface area is 89.5 Å². The minimum atomic E-state index is 0.211. The van der Waals surface area contributed by atoms with Crippen LogP contribution in [0.15, 0.2) is 24.3 Å². The first kappa shape index (κ1) is 10.0. The molecule has 0 unspecified atom stereocenters. The van der Waals surface area contributed by atoms with Crippen LogP contribution in [-0.4, -0.2) is 13.2 Å². The Morgan fingerprint density at radius 2 is 2.27 bits per heavy atom. The van der Waals surface area contributed by atoms with Crippen molar-refractivity contribution in [3.05, 3.63) is 29.8 Å². The highest BCUT2D eigenvalue weighted by molar-refractivity contribution is 5.36. The van der Waals surface area contributed by atoms with Crippen LogP contribution in [0.1, 0.15) is 18.4 Å². The van der Waals surface area contributed by atoms with Gasteiger partial charge in [0.05, 0.1) is 18.2 Å². The highest BCUT2D eigenvalue weighted by atomic mass is 16.5. The van der Waals surface area contributed by atoms with Crippen molar-refractivity contribution in [3.8, 4) is 11.8 Å². The van der Waals surface area contributed by atoms with Gasteiger partial charge < -0.3 is 10.5 Å². The third-order valence-corrected chi connectivity index (χ3v) is 2.90. The highest BCUT2D eigenvalue weighted by Gasteiger charge is 2.42. The number of benzene rings is 1. The summed E-state index contributed by atoms with van der Waals surface area (Å²) in [6.45, 7) is 1.35. The molecule has 2 rings (SSSR count). The number of hydrogen-bond acceptors (Lipinski definition) is 3. The molecule has 0 spiro atoms. The zero-order valence-electron chi connectivity index (χ0n) is 8.57. The minimum Gasteiger partial charge on any atom is -0.493 e. The monoisotopic (exact) mass is 202 g/mol. The predicted octanol–water partition coefficient (Wildman–Crippen LogP) is 1.68. The van der Waals surface area contributed by atoms with E-state index in [-0.39, 0.29) is 5.41 Å². The molecule has 1 aromatic rings. The van der Waals surface area contributed by atoms with Gasteiger partial charge in [-0.25, -0.2) is 0 Å². The molecule has 1 aliphatic carbocycles. The van der Waals surface area contributed by atoms with E-state index < -0.39 is 0 Å². The van der Waals surface area contributed by atoms with Gasteiger partial charge in [0.15, 0.2) is 0 Å². The molecular weight excluding hydrogens is 188 g/mol. The van der Waals surface area contributed by atoms with Crippen LogP contribution in [0.4, 0.5) is 0 Å². The van der Waals surface area contributed by atoms with Gasteiger partial charge in [-0.05, 0) is 31.0 Å². The molecule has 0 bridgehead atoms. The summed E-state index contributed by atoms with van der Waals surface area (Å²) in [5.74, 6) is 0.758. The van der Waals surface area contributed by atoms with Crippen LogP contribution in [0.3, 0.4) is 0 Å². The van der Waals surface area contributed by atoms with E-state index in [4.69, 9.17) is 15.7 Å². The van der Waals surface area contributed by atoms with Crippen molar-refractivity contribution in [1.82, 2.24) is 0 Å². The fourth-order valence-corrected chi connectivity index (χ4v) is 1.48. The number of hydrogen-bond donors (Lipinski definition) is 1. The van der Waals surface area contributed by atoms with E-state index in [0.29, 0.717) is 18.7 Å². The van der Waals surface area contributed by atoms with Crippen molar-refractivity contribution in [2.45, 2.75) is 12.8 Å². The molecule has 0 atom stereocenters. The number of nitriles is 1. The zero-order chi connectivity index (χ0) is 10.7. The Bertz CT molecular complexity index is 391. The molecule has 3 nitrogen and oxygen atoms in total. The Morgan fingerprint density at radius 1 is 1.47 bits per heavy atom. The third kappa shape index (κ3) is 2.28. The van der Waals surface area contributed by atoms with Crippen LogP contribution in [0.25, 0.3) is 0 Å². The van der Waals surface area contributed by atoms with Gasteiger partial charge in [-0.3, -0.25) is 0 Å². The number of nitrogens with two attached hydrogens (primary N) is 1. The predicted molar refractivity (Wildman–Crippen MR) is 57.4 cm³/mol. The first-order valence-corrected chi connectivity index (χ1v) is 5.11. The van der Waals surface area contributed by atoms with E-state index in [1.54, 1.807) is 12.1 Å². The van der Waals surface area contributed by atoms with E-state index in [9.17, 15) is 0 Å². The number of rotatable bonds is 4. The number of ether oxygens (including phenoxy) is 1.